The van der Waals surface area contributed by atoms with Crippen molar-refractivity contribution in [1.29, 1.82) is 0 Å². The van der Waals surface area contributed by atoms with Crippen LogP contribution in [0.2, 0.25) is 0 Å². The molecule has 0 saturated heterocycles. The molecule has 0 spiro atoms. The third-order valence-corrected chi connectivity index (χ3v) is 2.27. The normalized spacial score (nSPS) is 12.5. The molecule has 0 aliphatic rings. The Labute approximate surface area is 96.5 Å². The number of hydrogen-bond donors (Lipinski definition) is 2. The molecule has 0 fully saturated rings. The smallest absolute Gasteiger partial charge is 0.222 e. The first kappa shape index (κ1) is 12.7. The van der Waals surface area contributed by atoms with Gasteiger partial charge >= 0.3 is 0 Å². The predicted octanol–water partition coefficient (Wildman–Crippen LogP) is 1.88. The molecule has 1 aromatic rings. The van der Waals surface area contributed by atoms with Crippen molar-refractivity contribution >= 4 is 5.91 Å². The van der Waals surface area contributed by atoms with Gasteiger partial charge in [-0.1, -0.05) is 44.2 Å². The third kappa shape index (κ3) is 4.45. The van der Waals surface area contributed by atoms with Crippen molar-refractivity contribution in [2.45, 2.75) is 26.4 Å². The number of carbonyl (C=O) groups excluding carboxylic acids is 1. The number of aliphatic hydroxyl groups excluding tert-OH is 1. The molecule has 0 aliphatic carbocycles. The highest BCUT2D eigenvalue weighted by molar-refractivity contribution is 5.76. The van der Waals surface area contributed by atoms with Gasteiger partial charge in [-0.15, -0.1) is 0 Å². The lowest BCUT2D eigenvalue weighted by molar-refractivity contribution is -0.123. The molecule has 0 aliphatic heterocycles. The van der Waals surface area contributed by atoms with E-state index in [1.54, 1.807) is 0 Å². The van der Waals surface area contributed by atoms with Crippen LogP contribution in [0.1, 0.15) is 31.9 Å². The molecule has 2 N–H and O–H groups in total. The van der Waals surface area contributed by atoms with Gasteiger partial charge in [-0.25, -0.2) is 0 Å². The summed E-state index contributed by atoms with van der Waals surface area (Å²) in [6.07, 6.45) is -0.593. The number of amides is 1. The van der Waals surface area contributed by atoms with Crippen molar-refractivity contribution in [2.24, 2.45) is 5.92 Å². The maximum absolute atomic E-state index is 11.5. The van der Waals surface area contributed by atoms with Crippen molar-refractivity contribution < 1.29 is 9.90 Å². The summed E-state index contributed by atoms with van der Waals surface area (Å²) in [6, 6.07) is 9.23. The van der Waals surface area contributed by atoms with Gasteiger partial charge in [0.25, 0.3) is 0 Å². The summed E-state index contributed by atoms with van der Waals surface area (Å²) in [5, 5.41) is 12.6. The molecule has 0 radical (unpaired) electrons. The molecule has 88 valence electrons. The van der Waals surface area contributed by atoms with Gasteiger partial charge in [-0.2, -0.15) is 0 Å². The van der Waals surface area contributed by atoms with Gasteiger partial charge in [-0.3, -0.25) is 4.79 Å². The van der Waals surface area contributed by atoms with Gasteiger partial charge in [0.1, 0.15) is 0 Å². The fraction of sp³-hybridized carbons (Fsp3) is 0.462. The molecule has 1 rings (SSSR count). The zero-order valence-electron chi connectivity index (χ0n) is 9.81. The van der Waals surface area contributed by atoms with E-state index in [9.17, 15) is 9.90 Å². The molecule has 0 unspecified atom stereocenters. The highest BCUT2D eigenvalue weighted by Gasteiger charge is 2.12. The average Bonchev–Trinajstić information content (AvgIpc) is 2.27. The molecule has 0 aromatic heterocycles. The largest absolute Gasteiger partial charge is 0.388 e. The number of carbonyl (C=O) groups is 1. The molecular weight excluding hydrogens is 202 g/mol. The van der Waals surface area contributed by atoms with Crippen LogP contribution in [0.4, 0.5) is 0 Å². The second kappa shape index (κ2) is 6.28. The Morgan fingerprint density at radius 2 is 1.94 bits per heavy atom. The lowest BCUT2D eigenvalue weighted by Crippen LogP contribution is -2.28. The first-order valence-electron chi connectivity index (χ1n) is 5.59. The second-order valence-electron chi connectivity index (χ2n) is 4.33. The van der Waals surface area contributed by atoms with E-state index in [0.717, 1.165) is 5.56 Å². The van der Waals surface area contributed by atoms with E-state index in [1.807, 2.05) is 44.2 Å². The van der Waals surface area contributed by atoms with E-state index in [4.69, 9.17) is 0 Å². The van der Waals surface area contributed by atoms with Crippen LogP contribution in [0, 0.1) is 5.92 Å². The van der Waals surface area contributed by atoms with Crippen LogP contribution >= 0.6 is 0 Å². The van der Waals surface area contributed by atoms with E-state index in [0.29, 0.717) is 12.5 Å². The van der Waals surface area contributed by atoms with Crippen molar-refractivity contribution in [3.63, 3.8) is 0 Å². The van der Waals surface area contributed by atoms with Gasteiger partial charge in [0.05, 0.1) is 12.5 Å². The van der Waals surface area contributed by atoms with Gasteiger partial charge < -0.3 is 10.4 Å². The summed E-state index contributed by atoms with van der Waals surface area (Å²) in [4.78, 5) is 11.5. The van der Waals surface area contributed by atoms with Crippen LogP contribution in [0.15, 0.2) is 30.3 Å². The van der Waals surface area contributed by atoms with Crippen LogP contribution in [-0.4, -0.2) is 17.6 Å². The van der Waals surface area contributed by atoms with Gasteiger partial charge in [-0.05, 0) is 11.5 Å². The van der Waals surface area contributed by atoms with Gasteiger partial charge in [0.15, 0.2) is 0 Å². The Morgan fingerprint density at radius 1 is 1.31 bits per heavy atom. The van der Waals surface area contributed by atoms with E-state index in [1.165, 1.54) is 0 Å². The summed E-state index contributed by atoms with van der Waals surface area (Å²) in [5.74, 6) is 0.322. The average molecular weight is 221 g/mol. The topological polar surface area (TPSA) is 49.3 Å². The Morgan fingerprint density at radius 3 is 2.50 bits per heavy atom. The minimum Gasteiger partial charge on any atom is -0.388 e. The quantitative estimate of drug-likeness (QED) is 0.797. The number of aliphatic hydroxyl groups is 1. The van der Waals surface area contributed by atoms with E-state index in [2.05, 4.69) is 5.32 Å². The summed E-state index contributed by atoms with van der Waals surface area (Å²) in [5.41, 5.74) is 0.780. The summed E-state index contributed by atoms with van der Waals surface area (Å²) in [7, 11) is 0. The van der Waals surface area contributed by atoms with Crippen LogP contribution < -0.4 is 5.32 Å². The SMILES string of the molecule is CC(C)CNC(=O)C[C@H](O)c1ccccc1. The minimum absolute atomic E-state index is 0.106. The monoisotopic (exact) mass is 221 g/mol. The van der Waals surface area contributed by atoms with Crippen molar-refractivity contribution in [2.75, 3.05) is 6.54 Å². The maximum atomic E-state index is 11.5. The van der Waals surface area contributed by atoms with Crippen LogP contribution in [0.25, 0.3) is 0 Å². The zero-order chi connectivity index (χ0) is 12.0. The lowest BCUT2D eigenvalue weighted by atomic mass is 10.1. The second-order valence-corrected chi connectivity index (χ2v) is 4.33. The van der Waals surface area contributed by atoms with Crippen molar-refractivity contribution in [3.8, 4) is 0 Å². The zero-order valence-corrected chi connectivity index (χ0v) is 9.81. The highest BCUT2D eigenvalue weighted by atomic mass is 16.3. The fourth-order valence-electron chi connectivity index (χ4n) is 1.36. The van der Waals surface area contributed by atoms with Crippen LogP contribution in [0.5, 0.6) is 0 Å². The maximum Gasteiger partial charge on any atom is 0.222 e. The first-order valence-corrected chi connectivity index (χ1v) is 5.59. The molecule has 3 nitrogen and oxygen atoms in total. The Balaban J connectivity index is 2.40. The molecular formula is C13H19NO2. The molecule has 3 heteroatoms. The standard InChI is InChI=1S/C13H19NO2/c1-10(2)9-14-13(16)8-12(15)11-6-4-3-5-7-11/h3-7,10,12,15H,8-9H2,1-2H3,(H,14,16)/t12-/m0/s1. The molecule has 16 heavy (non-hydrogen) atoms. The fourth-order valence-corrected chi connectivity index (χ4v) is 1.36. The van der Waals surface area contributed by atoms with E-state index < -0.39 is 6.10 Å². The Kier molecular flexibility index (Phi) is 4.99. The molecule has 1 amide bonds. The Bertz CT molecular complexity index is 322. The van der Waals surface area contributed by atoms with Crippen LogP contribution in [0.3, 0.4) is 0 Å². The van der Waals surface area contributed by atoms with Crippen LogP contribution in [-0.2, 0) is 4.79 Å². The van der Waals surface area contributed by atoms with Crippen molar-refractivity contribution in [3.05, 3.63) is 35.9 Å². The molecule has 0 saturated carbocycles. The summed E-state index contributed by atoms with van der Waals surface area (Å²) < 4.78 is 0. The predicted molar refractivity (Wildman–Crippen MR) is 63.9 cm³/mol. The minimum atomic E-state index is -0.714. The van der Waals surface area contributed by atoms with E-state index in [-0.39, 0.29) is 12.3 Å². The summed E-state index contributed by atoms with van der Waals surface area (Å²) >= 11 is 0. The molecule has 1 aromatic carbocycles. The van der Waals surface area contributed by atoms with Gasteiger partial charge in [0, 0.05) is 6.54 Å². The molecule has 1 atom stereocenters. The molecule has 0 bridgehead atoms. The van der Waals surface area contributed by atoms with Crippen molar-refractivity contribution in [1.82, 2.24) is 5.32 Å². The van der Waals surface area contributed by atoms with E-state index >= 15 is 0 Å². The lowest BCUT2D eigenvalue weighted by Gasteiger charge is -2.12. The molecule has 0 heterocycles. The first-order chi connectivity index (χ1) is 7.59. The third-order valence-electron chi connectivity index (χ3n) is 2.27. The summed E-state index contributed by atoms with van der Waals surface area (Å²) in [6.45, 7) is 4.72. The van der Waals surface area contributed by atoms with Gasteiger partial charge in [0.2, 0.25) is 5.91 Å². The number of nitrogens with one attached hydrogen (secondary N) is 1. The number of benzene rings is 1. The highest BCUT2D eigenvalue weighted by Crippen LogP contribution is 2.15. The number of hydrogen-bond acceptors (Lipinski definition) is 2. The Hall–Kier alpha value is -1.35. The number of rotatable bonds is 5.